The number of halogens is 2. The first kappa shape index (κ1) is 37.2. The van der Waals surface area contributed by atoms with Crippen molar-refractivity contribution in [2.75, 3.05) is 49.2 Å². The van der Waals surface area contributed by atoms with E-state index >= 15 is 0 Å². The molecule has 15 heteroatoms. The SMILES string of the molecule is CCC(C)n1ncn(-c2ccc(N3CCN(c4ccc(OC[C@H]5CO[C@](Cn6cncn6)(c6ccc(Cl)cc6Cl)O5)cc4)CC3)cc2)c1=O.c1cc[nH]c1. The van der Waals surface area contributed by atoms with Crippen molar-refractivity contribution < 1.29 is 14.2 Å². The molecule has 6 aromatic rings. The molecule has 0 aliphatic carbocycles. The van der Waals surface area contributed by atoms with Gasteiger partial charge in [0.25, 0.3) is 0 Å². The Morgan fingerprint density at radius 2 is 1.57 bits per heavy atom. The molecule has 0 amide bonds. The number of H-pyrrole nitrogens is 1. The molecular weight excluding hydrogens is 729 g/mol. The van der Waals surface area contributed by atoms with Gasteiger partial charge < -0.3 is 29.0 Å². The first-order chi connectivity index (χ1) is 26.3. The predicted octanol–water partition coefficient (Wildman–Crippen LogP) is 6.59. The Kier molecular flexibility index (Phi) is 11.7. The zero-order chi connectivity index (χ0) is 37.5. The van der Waals surface area contributed by atoms with Gasteiger partial charge in [0.1, 0.15) is 44.0 Å². The summed E-state index contributed by atoms with van der Waals surface area (Å²) >= 11 is 12.7. The molecule has 3 aromatic carbocycles. The van der Waals surface area contributed by atoms with Crippen LogP contribution in [0, 0.1) is 0 Å². The zero-order valence-electron chi connectivity index (χ0n) is 30.2. The number of aromatic nitrogens is 7. The van der Waals surface area contributed by atoms with E-state index in [4.69, 9.17) is 37.4 Å². The number of benzene rings is 3. The van der Waals surface area contributed by atoms with Gasteiger partial charge in [0.05, 0.1) is 23.4 Å². The number of nitrogens with zero attached hydrogens (tertiary/aromatic N) is 8. The summed E-state index contributed by atoms with van der Waals surface area (Å²) < 4.78 is 23.7. The van der Waals surface area contributed by atoms with Crippen LogP contribution < -0.4 is 20.2 Å². The summed E-state index contributed by atoms with van der Waals surface area (Å²) in [5.74, 6) is -0.410. The number of aromatic amines is 1. The molecule has 2 aliphatic rings. The van der Waals surface area contributed by atoms with Gasteiger partial charge in [0.2, 0.25) is 5.79 Å². The fourth-order valence-electron chi connectivity index (χ4n) is 6.52. The largest absolute Gasteiger partial charge is 0.491 e. The summed E-state index contributed by atoms with van der Waals surface area (Å²) in [6.07, 6.45) is 8.94. The third kappa shape index (κ3) is 8.49. The molecule has 0 spiro atoms. The Labute approximate surface area is 323 Å². The fourth-order valence-corrected chi connectivity index (χ4v) is 7.07. The maximum atomic E-state index is 12.8. The first-order valence-corrected chi connectivity index (χ1v) is 18.7. The topological polar surface area (TPSA) is 120 Å². The third-order valence-corrected chi connectivity index (χ3v) is 10.2. The van der Waals surface area contributed by atoms with Crippen molar-refractivity contribution in [3.05, 3.63) is 136 Å². The van der Waals surface area contributed by atoms with Crippen molar-refractivity contribution >= 4 is 34.6 Å². The number of nitrogens with one attached hydrogen (secondary N) is 1. The smallest absolute Gasteiger partial charge is 0.350 e. The lowest BCUT2D eigenvalue weighted by Crippen LogP contribution is -2.46. The molecule has 13 nitrogen and oxygen atoms in total. The summed E-state index contributed by atoms with van der Waals surface area (Å²) in [5.41, 5.74) is 3.64. The second-order valence-corrected chi connectivity index (χ2v) is 14.0. The average Bonchev–Trinajstić information content (AvgIpc) is 4.05. The number of hydrogen-bond donors (Lipinski definition) is 1. The first-order valence-electron chi connectivity index (χ1n) is 18.0. The minimum absolute atomic E-state index is 0.0645. The van der Waals surface area contributed by atoms with Crippen molar-refractivity contribution in [1.29, 1.82) is 0 Å². The van der Waals surface area contributed by atoms with E-state index in [2.05, 4.69) is 54.2 Å². The summed E-state index contributed by atoms with van der Waals surface area (Å²) in [7, 11) is 0. The van der Waals surface area contributed by atoms with Gasteiger partial charge in [-0.15, -0.1) is 0 Å². The lowest BCUT2D eigenvalue weighted by Gasteiger charge is -2.37. The Balaban J connectivity index is 0.000000833. The van der Waals surface area contributed by atoms with Crippen LogP contribution in [-0.2, 0) is 21.8 Å². The van der Waals surface area contributed by atoms with Crippen molar-refractivity contribution in [3.8, 4) is 11.4 Å². The molecule has 3 aromatic heterocycles. The number of piperazine rings is 1. The van der Waals surface area contributed by atoms with Crippen LogP contribution in [-0.4, -0.2) is 79.6 Å². The van der Waals surface area contributed by atoms with Gasteiger partial charge in [0.15, 0.2) is 0 Å². The van der Waals surface area contributed by atoms with Crippen molar-refractivity contribution in [3.63, 3.8) is 0 Å². The summed E-state index contributed by atoms with van der Waals surface area (Å²) in [4.78, 5) is 24.5. The molecule has 3 atom stereocenters. The van der Waals surface area contributed by atoms with E-state index in [9.17, 15) is 4.79 Å². The molecule has 8 rings (SSSR count). The van der Waals surface area contributed by atoms with Gasteiger partial charge >= 0.3 is 5.69 Å². The highest BCUT2D eigenvalue weighted by Crippen LogP contribution is 2.40. The van der Waals surface area contributed by atoms with Crippen LogP contribution in [0.1, 0.15) is 31.9 Å². The average molecular weight is 773 g/mol. The number of hydrogen-bond acceptors (Lipinski definition) is 9. The molecule has 5 heterocycles. The summed E-state index contributed by atoms with van der Waals surface area (Å²) in [6, 6.07) is 25.5. The van der Waals surface area contributed by atoms with Crippen molar-refractivity contribution in [2.24, 2.45) is 0 Å². The van der Waals surface area contributed by atoms with Crippen LogP contribution in [0.5, 0.6) is 5.75 Å². The molecule has 0 bridgehead atoms. The Hall–Kier alpha value is -5.08. The Morgan fingerprint density at radius 1 is 0.907 bits per heavy atom. The second kappa shape index (κ2) is 16.9. The van der Waals surface area contributed by atoms with Crippen LogP contribution in [0.25, 0.3) is 5.69 Å². The second-order valence-electron chi connectivity index (χ2n) is 13.2. The molecule has 2 fully saturated rings. The van der Waals surface area contributed by atoms with Crippen molar-refractivity contribution in [2.45, 2.75) is 44.7 Å². The van der Waals surface area contributed by atoms with Gasteiger partial charge in [-0.2, -0.15) is 10.2 Å². The van der Waals surface area contributed by atoms with Crippen LogP contribution >= 0.6 is 23.2 Å². The quantitative estimate of drug-likeness (QED) is 0.156. The minimum Gasteiger partial charge on any atom is -0.491 e. The lowest BCUT2D eigenvalue weighted by atomic mass is 10.1. The molecule has 282 valence electrons. The van der Waals surface area contributed by atoms with Gasteiger partial charge in [-0.3, -0.25) is 0 Å². The molecule has 0 radical (unpaired) electrons. The highest BCUT2D eigenvalue weighted by molar-refractivity contribution is 6.35. The van der Waals surface area contributed by atoms with E-state index in [0.29, 0.717) is 28.8 Å². The molecule has 1 N–H and O–H groups in total. The highest BCUT2D eigenvalue weighted by Gasteiger charge is 2.45. The standard InChI is InChI=1S/C35H38Cl2N8O4.C4H5N/c1-3-25(2)45-34(46)44(24-40-45)29-7-5-27(6-8-29)41-14-16-42(17-15-41)28-9-11-30(12-10-28)47-19-31-20-48-35(49-31,21-43-23-38-22-39-43)32-13-4-26(36)18-33(32)37;1-2-4-5-3-1/h4-13,18,22-25,31H,3,14-17,19-21H2,1-2H3;1-5H/t25?,31-,35-;/m0./s1. The van der Waals surface area contributed by atoms with Gasteiger partial charge in [-0.05, 0) is 86.1 Å². The number of anilines is 2. The Bertz CT molecular complexity index is 2100. The van der Waals surface area contributed by atoms with Crippen LogP contribution in [0.4, 0.5) is 11.4 Å². The van der Waals surface area contributed by atoms with E-state index in [-0.39, 0.29) is 24.4 Å². The maximum Gasteiger partial charge on any atom is 0.350 e. The molecule has 0 saturated carbocycles. The van der Waals surface area contributed by atoms with E-state index < -0.39 is 5.79 Å². The Morgan fingerprint density at radius 3 is 2.17 bits per heavy atom. The van der Waals surface area contributed by atoms with Gasteiger partial charge in [-0.25, -0.2) is 23.7 Å². The molecule has 2 aliphatic heterocycles. The van der Waals surface area contributed by atoms with Gasteiger partial charge in [-0.1, -0.05) is 36.2 Å². The zero-order valence-corrected chi connectivity index (χ0v) is 31.7. The normalized spacial score (nSPS) is 19.0. The van der Waals surface area contributed by atoms with E-state index in [1.165, 1.54) is 11.0 Å². The van der Waals surface area contributed by atoms with Crippen LogP contribution in [0.2, 0.25) is 10.0 Å². The number of rotatable bonds is 11. The van der Waals surface area contributed by atoms with E-state index in [1.54, 1.807) is 34.0 Å². The maximum absolute atomic E-state index is 12.8. The predicted molar refractivity (Wildman–Crippen MR) is 209 cm³/mol. The van der Waals surface area contributed by atoms with Crippen LogP contribution in [0.15, 0.2) is 115 Å². The summed E-state index contributed by atoms with van der Waals surface area (Å²) in [5, 5.41) is 9.50. The van der Waals surface area contributed by atoms with Crippen molar-refractivity contribution in [1.82, 2.24) is 34.1 Å². The lowest BCUT2D eigenvalue weighted by molar-refractivity contribution is -0.190. The monoisotopic (exact) mass is 771 g/mol. The molecule has 1 unspecified atom stereocenters. The fraction of sp³-hybridized carbons (Fsp3) is 0.333. The van der Waals surface area contributed by atoms with E-state index in [0.717, 1.165) is 55.4 Å². The molecule has 2 saturated heterocycles. The minimum atomic E-state index is -1.16. The van der Waals surface area contributed by atoms with Crippen LogP contribution in [0.3, 0.4) is 0 Å². The molecule has 54 heavy (non-hydrogen) atoms. The summed E-state index contributed by atoms with van der Waals surface area (Å²) in [6.45, 7) is 8.48. The van der Waals surface area contributed by atoms with E-state index in [1.807, 2.05) is 68.7 Å². The third-order valence-electron chi connectivity index (χ3n) is 9.65. The molecular formula is C39H43Cl2N9O4. The highest BCUT2D eigenvalue weighted by atomic mass is 35.5. The van der Waals surface area contributed by atoms with Gasteiger partial charge in [0, 0.05) is 60.5 Å². The number of ether oxygens (including phenoxy) is 3.